The second kappa shape index (κ2) is 10.0. The van der Waals surface area contributed by atoms with Crippen LogP contribution in [0.2, 0.25) is 5.02 Å². The Bertz CT molecular complexity index is 921. The number of halogens is 1. The van der Waals surface area contributed by atoms with E-state index in [-0.39, 0.29) is 0 Å². The third-order valence-corrected chi connectivity index (χ3v) is 6.25. The lowest BCUT2D eigenvalue weighted by atomic mass is 9.88. The number of ether oxygens (including phenoxy) is 1. The van der Waals surface area contributed by atoms with Gasteiger partial charge in [0.25, 0.3) is 0 Å². The van der Waals surface area contributed by atoms with Crippen molar-refractivity contribution in [3.8, 4) is 5.75 Å². The lowest BCUT2D eigenvalue weighted by molar-refractivity contribution is 0.251. The van der Waals surface area contributed by atoms with Gasteiger partial charge in [-0.25, -0.2) is 0 Å². The van der Waals surface area contributed by atoms with Gasteiger partial charge in [0.2, 0.25) is 0 Å². The molecule has 0 amide bonds. The predicted octanol–water partition coefficient (Wildman–Crippen LogP) is 5.69. The van der Waals surface area contributed by atoms with E-state index in [1.807, 2.05) is 18.2 Å². The van der Waals surface area contributed by atoms with Crippen LogP contribution in [0.15, 0.2) is 78.9 Å². The summed E-state index contributed by atoms with van der Waals surface area (Å²) in [6.45, 7) is 5.35. The Kier molecular flexibility index (Phi) is 6.93. The largest absolute Gasteiger partial charge is 0.497 e. The van der Waals surface area contributed by atoms with Crippen LogP contribution in [0, 0.1) is 0 Å². The summed E-state index contributed by atoms with van der Waals surface area (Å²) >= 11 is 6.12. The molecule has 1 aliphatic rings. The lowest BCUT2D eigenvalue weighted by Crippen LogP contribution is -2.46. The van der Waals surface area contributed by atoms with E-state index in [4.69, 9.17) is 16.3 Å². The van der Waals surface area contributed by atoms with E-state index < -0.39 is 0 Å². The van der Waals surface area contributed by atoms with Gasteiger partial charge in [0.15, 0.2) is 0 Å². The van der Waals surface area contributed by atoms with Crippen LogP contribution in [0.1, 0.15) is 23.5 Å². The Morgan fingerprint density at radius 2 is 1.53 bits per heavy atom. The SMILES string of the molecule is COc1cccc(N2CCN(CCC(c3ccccc3)c3ccc(Cl)cc3)CC2)c1. The predicted molar refractivity (Wildman–Crippen MR) is 126 cm³/mol. The maximum absolute atomic E-state index is 6.12. The van der Waals surface area contributed by atoms with Gasteiger partial charge in [-0.15, -0.1) is 0 Å². The molecular formula is C26H29ClN2O. The number of nitrogens with zero attached hydrogens (tertiary/aromatic N) is 2. The number of rotatable bonds is 7. The van der Waals surface area contributed by atoms with Gasteiger partial charge >= 0.3 is 0 Å². The fourth-order valence-corrected chi connectivity index (χ4v) is 4.38. The Morgan fingerprint density at radius 1 is 0.833 bits per heavy atom. The molecule has 0 radical (unpaired) electrons. The van der Waals surface area contributed by atoms with Gasteiger partial charge in [-0.05, 0) is 48.4 Å². The summed E-state index contributed by atoms with van der Waals surface area (Å²) in [7, 11) is 1.72. The van der Waals surface area contributed by atoms with Crippen LogP contribution in [0.25, 0.3) is 0 Å². The first-order valence-corrected chi connectivity index (χ1v) is 11.0. The molecule has 3 nitrogen and oxygen atoms in total. The minimum Gasteiger partial charge on any atom is -0.497 e. The topological polar surface area (TPSA) is 15.7 Å². The normalized spacial score (nSPS) is 15.7. The summed E-state index contributed by atoms with van der Waals surface area (Å²) in [4.78, 5) is 5.04. The van der Waals surface area contributed by atoms with Crippen LogP contribution in [0.4, 0.5) is 5.69 Å². The number of hydrogen-bond acceptors (Lipinski definition) is 3. The van der Waals surface area contributed by atoms with Crippen LogP contribution in [-0.2, 0) is 0 Å². The van der Waals surface area contributed by atoms with Gasteiger partial charge in [0, 0.05) is 48.9 Å². The third kappa shape index (κ3) is 5.16. The molecule has 4 heteroatoms. The zero-order chi connectivity index (χ0) is 20.8. The van der Waals surface area contributed by atoms with Gasteiger partial charge < -0.3 is 9.64 Å². The molecule has 3 aromatic rings. The van der Waals surface area contributed by atoms with Crippen LogP contribution in [0.5, 0.6) is 5.75 Å². The summed E-state index contributed by atoms with van der Waals surface area (Å²) < 4.78 is 5.38. The van der Waals surface area contributed by atoms with Gasteiger partial charge in [-0.2, -0.15) is 0 Å². The highest BCUT2D eigenvalue weighted by Crippen LogP contribution is 2.29. The van der Waals surface area contributed by atoms with Gasteiger partial charge in [-0.3, -0.25) is 4.90 Å². The Labute approximate surface area is 184 Å². The van der Waals surface area contributed by atoms with Crippen LogP contribution in [-0.4, -0.2) is 44.7 Å². The summed E-state index contributed by atoms with van der Waals surface area (Å²) in [5.74, 6) is 1.31. The van der Waals surface area contributed by atoms with E-state index in [9.17, 15) is 0 Å². The Morgan fingerprint density at radius 3 is 2.23 bits per heavy atom. The molecule has 0 spiro atoms. The molecule has 0 aliphatic carbocycles. The van der Waals surface area contributed by atoms with E-state index in [0.29, 0.717) is 5.92 Å². The molecule has 3 aromatic carbocycles. The fraction of sp³-hybridized carbons (Fsp3) is 0.308. The highest BCUT2D eigenvalue weighted by Gasteiger charge is 2.20. The van der Waals surface area contributed by atoms with Crippen molar-refractivity contribution in [2.75, 3.05) is 44.7 Å². The number of hydrogen-bond donors (Lipinski definition) is 0. The first-order valence-electron chi connectivity index (χ1n) is 10.6. The second-order valence-corrected chi connectivity index (χ2v) is 8.27. The average Bonchev–Trinajstić information content (AvgIpc) is 2.81. The monoisotopic (exact) mass is 420 g/mol. The van der Waals surface area contributed by atoms with E-state index in [0.717, 1.165) is 49.9 Å². The Balaban J connectivity index is 1.38. The number of piperazine rings is 1. The number of anilines is 1. The summed E-state index contributed by atoms with van der Waals surface area (Å²) in [6.07, 6.45) is 1.10. The van der Waals surface area contributed by atoms with Gasteiger partial charge in [0.05, 0.1) is 7.11 Å². The summed E-state index contributed by atoms with van der Waals surface area (Å²) in [5.41, 5.74) is 3.95. The standard InChI is InChI=1S/C26H29ClN2O/c1-30-25-9-5-8-24(20-25)29-18-16-28(17-19-29)15-14-26(21-6-3-2-4-7-21)22-10-12-23(27)13-11-22/h2-13,20,26H,14-19H2,1H3. The molecule has 0 N–H and O–H groups in total. The minimum atomic E-state index is 0.389. The average molecular weight is 421 g/mol. The molecule has 156 valence electrons. The summed E-state index contributed by atoms with van der Waals surface area (Å²) in [5, 5.41) is 0.791. The smallest absolute Gasteiger partial charge is 0.120 e. The van der Waals surface area contributed by atoms with Crippen molar-refractivity contribution in [2.24, 2.45) is 0 Å². The van der Waals surface area contributed by atoms with Crippen LogP contribution in [0.3, 0.4) is 0 Å². The van der Waals surface area contributed by atoms with E-state index in [1.165, 1.54) is 16.8 Å². The van der Waals surface area contributed by atoms with Crippen molar-refractivity contribution in [3.05, 3.63) is 95.0 Å². The zero-order valence-corrected chi connectivity index (χ0v) is 18.3. The van der Waals surface area contributed by atoms with E-state index >= 15 is 0 Å². The number of benzene rings is 3. The Hall–Kier alpha value is -2.49. The molecular weight excluding hydrogens is 392 g/mol. The molecule has 1 fully saturated rings. The molecule has 30 heavy (non-hydrogen) atoms. The first-order chi connectivity index (χ1) is 14.7. The quantitative estimate of drug-likeness (QED) is 0.488. The van der Waals surface area contributed by atoms with Gasteiger partial charge in [0.1, 0.15) is 5.75 Å². The van der Waals surface area contributed by atoms with Crippen molar-refractivity contribution in [1.29, 1.82) is 0 Å². The maximum Gasteiger partial charge on any atom is 0.120 e. The molecule has 0 saturated carbocycles. The zero-order valence-electron chi connectivity index (χ0n) is 17.5. The van der Waals surface area contributed by atoms with Crippen molar-refractivity contribution in [1.82, 2.24) is 4.90 Å². The lowest BCUT2D eigenvalue weighted by Gasteiger charge is -2.36. The molecule has 1 atom stereocenters. The van der Waals surface area contributed by atoms with Crippen LogP contribution >= 0.6 is 11.6 Å². The van der Waals surface area contributed by atoms with E-state index in [1.54, 1.807) is 7.11 Å². The molecule has 1 heterocycles. The van der Waals surface area contributed by atoms with Crippen molar-refractivity contribution >= 4 is 17.3 Å². The first kappa shape index (κ1) is 20.8. The molecule has 1 saturated heterocycles. The van der Waals surface area contributed by atoms with Crippen molar-refractivity contribution in [3.63, 3.8) is 0 Å². The third-order valence-electron chi connectivity index (χ3n) is 6.00. The molecule has 4 rings (SSSR count). The highest BCUT2D eigenvalue weighted by molar-refractivity contribution is 6.30. The number of methoxy groups -OCH3 is 1. The van der Waals surface area contributed by atoms with Gasteiger partial charge in [-0.1, -0.05) is 60.1 Å². The maximum atomic E-state index is 6.12. The van der Waals surface area contributed by atoms with Crippen molar-refractivity contribution < 1.29 is 4.74 Å². The molecule has 0 bridgehead atoms. The highest BCUT2D eigenvalue weighted by atomic mass is 35.5. The molecule has 0 aromatic heterocycles. The van der Waals surface area contributed by atoms with Crippen LogP contribution < -0.4 is 9.64 Å². The fourth-order valence-electron chi connectivity index (χ4n) is 4.25. The molecule has 1 aliphatic heterocycles. The molecule has 1 unspecified atom stereocenters. The second-order valence-electron chi connectivity index (χ2n) is 7.83. The van der Waals surface area contributed by atoms with E-state index in [2.05, 4.69) is 70.5 Å². The minimum absolute atomic E-state index is 0.389. The van der Waals surface area contributed by atoms with Crippen molar-refractivity contribution in [2.45, 2.75) is 12.3 Å². The summed E-state index contributed by atoms with van der Waals surface area (Å²) in [6, 6.07) is 27.5.